The Kier molecular flexibility index (Phi) is 6.04. The molecule has 3 rings (SSSR count). The van der Waals surface area contributed by atoms with Gasteiger partial charge in [-0.3, -0.25) is 14.9 Å². The largest absolute Gasteiger partial charge is 0.383 e. The molecule has 0 N–H and O–H groups in total. The summed E-state index contributed by atoms with van der Waals surface area (Å²) in [6.45, 7) is 0.839. The van der Waals surface area contributed by atoms with Gasteiger partial charge in [0.15, 0.2) is 4.80 Å². The molecule has 1 aromatic heterocycles. The van der Waals surface area contributed by atoms with Crippen molar-refractivity contribution >= 4 is 44.9 Å². The van der Waals surface area contributed by atoms with Crippen LogP contribution in [0.3, 0.4) is 0 Å². The van der Waals surface area contributed by atoms with Gasteiger partial charge in [-0.15, -0.1) is 11.8 Å². The Morgan fingerprint density at radius 1 is 1.33 bits per heavy atom. The van der Waals surface area contributed by atoms with Crippen LogP contribution in [0.15, 0.2) is 52.4 Å². The number of rotatable bonds is 6. The van der Waals surface area contributed by atoms with Crippen LogP contribution < -0.4 is 4.80 Å². The summed E-state index contributed by atoms with van der Waals surface area (Å²) in [7, 11) is 1.58. The van der Waals surface area contributed by atoms with E-state index in [1.165, 1.54) is 35.2 Å². The highest BCUT2D eigenvalue weighted by Crippen LogP contribution is 2.24. The number of thioether (sulfide) groups is 1. The maximum Gasteiger partial charge on any atom is 0.280 e. The van der Waals surface area contributed by atoms with E-state index in [0.29, 0.717) is 29.0 Å². The minimum absolute atomic E-state index is 0.00271. The second-order valence-corrected chi connectivity index (χ2v) is 7.41. The molecule has 0 fully saturated rings. The highest BCUT2D eigenvalue weighted by Gasteiger charge is 2.14. The molecule has 140 valence electrons. The summed E-state index contributed by atoms with van der Waals surface area (Å²) in [5, 5.41) is 11.1. The van der Waals surface area contributed by atoms with Crippen LogP contribution in [0.2, 0.25) is 0 Å². The van der Waals surface area contributed by atoms with Crippen LogP contribution >= 0.6 is 23.1 Å². The lowest BCUT2D eigenvalue weighted by molar-refractivity contribution is -0.384. The van der Waals surface area contributed by atoms with Gasteiger partial charge in [0.2, 0.25) is 0 Å². The molecule has 7 nitrogen and oxygen atoms in total. The second-order valence-electron chi connectivity index (χ2n) is 5.56. The first kappa shape index (κ1) is 19.3. The van der Waals surface area contributed by atoms with E-state index in [0.717, 1.165) is 9.60 Å². The molecule has 3 aromatic rings. The van der Waals surface area contributed by atoms with Gasteiger partial charge in [0.25, 0.3) is 11.6 Å². The molecule has 0 aliphatic carbocycles. The number of hydrogen-bond donors (Lipinski definition) is 0. The Morgan fingerprint density at radius 2 is 2.11 bits per heavy atom. The topological polar surface area (TPSA) is 86.7 Å². The molecule has 1 amide bonds. The number of benzene rings is 2. The van der Waals surface area contributed by atoms with Gasteiger partial charge in [-0.05, 0) is 24.5 Å². The van der Waals surface area contributed by atoms with E-state index < -0.39 is 4.92 Å². The molecule has 0 saturated carbocycles. The van der Waals surface area contributed by atoms with Gasteiger partial charge >= 0.3 is 0 Å². The van der Waals surface area contributed by atoms with Crippen LogP contribution in [-0.2, 0) is 11.3 Å². The van der Waals surface area contributed by atoms with Crippen molar-refractivity contribution in [1.29, 1.82) is 0 Å². The SMILES string of the molecule is COCCn1c(=NC(=O)c2ccccc2SC)sc2ccc([N+](=O)[O-])cc21. The molecule has 0 radical (unpaired) electrons. The van der Waals surface area contributed by atoms with Gasteiger partial charge in [-0.2, -0.15) is 4.99 Å². The van der Waals surface area contributed by atoms with Gasteiger partial charge in [0, 0.05) is 30.7 Å². The fourth-order valence-electron chi connectivity index (χ4n) is 2.62. The number of non-ortho nitro benzene ring substituents is 1. The molecule has 2 aromatic carbocycles. The maximum absolute atomic E-state index is 12.7. The monoisotopic (exact) mass is 403 g/mol. The Morgan fingerprint density at radius 3 is 2.81 bits per heavy atom. The minimum Gasteiger partial charge on any atom is -0.383 e. The first-order chi connectivity index (χ1) is 13.0. The molecule has 0 saturated heterocycles. The average molecular weight is 403 g/mol. The lowest BCUT2D eigenvalue weighted by Crippen LogP contribution is -2.19. The Labute approximate surface area is 163 Å². The Bertz CT molecular complexity index is 1070. The van der Waals surface area contributed by atoms with Crippen LogP contribution in [0.5, 0.6) is 0 Å². The number of hydrogen-bond acceptors (Lipinski definition) is 6. The molecule has 27 heavy (non-hydrogen) atoms. The van der Waals surface area contributed by atoms with Crippen LogP contribution in [0.25, 0.3) is 10.2 Å². The van der Waals surface area contributed by atoms with Gasteiger partial charge in [-0.25, -0.2) is 0 Å². The Hall–Kier alpha value is -2.49. The Balaban J connectivity index is 2.15. The first-order valence-corrected chi connectivity index (χ1v) is 10.1. The third-order valence-electron chi connectivity index (χ3n) is 3.93. The normalized spacial score (nSPS) is 11.9. The second kappa shape index (κ2) is 8.47. The zero-order chi connectivity index (χ0) is 19.4. The standard InChI is InChI=1S/C18H17N3O4S2/c1-25-10-9-20-14-11-12(21(23)24)7-8-16(14)27-18(20)19-17(22)13-5-3-4-6-15(13)26-2/h3-8,11H,9-10H2,1-2H3. The van der Waals surface area contributed by atoms with Gasteiger partial charge in [-0.1, -0.05) is 23.5 Å². The summed E-state index contributed by atoms with van der Waals surface area (Å²) in [5.41, 5.74) is 1.19. The highest BCUT2D eigenvalue weighted by atomic mass is 32.2. The van der Waals surface area contributed by atoms with E-state index in [1.54, 1.807) is 29.9 Å². The van der Waals surface area contributed by atoms with E-state index in [1.807, 2.05) is 18.4 Å². The van der Waals surface area contributed by atoms with Crippen LogP contribution in [0.1, 0.15) is 10.4 Å². The van der Waals surface area contributed by atoms with Gasteiger partial charge < -0.3 is 9.30 Å². The van der Waals surface area contributed by atoms with Crippen molar-refractivity contribution in [1.82, 2.24) is 4.57 Å². The molecule has 0 aliphatic heterocycles. The van der Waals surface area contributed by atoms with E-state index in [4.69, 9.17) is 4.74 Å². The third-order valence-corrected chi connectivity index (χ3v) is 5.79. The van der Waals surface area contributed by atoms with Gasteiger partial charge in [0.1, 0.15) is 0 Å². The molecule has 0 atom stereocenters. The van der Waals surface area contributed by atoms with Crippen molar-refractivity contribution in [2.24, 2.45) is 4.99 Å². The van der Waals surface area contributed by atoms with Crippen molar-refractivity contribution in [3.8, 4) is 0 Å². The molecule has 1 heterocycles. The van der Waals surface area contributed by atoms with E-state index in [-0.39, 0.29) is 11.6 Å². The predicted molar refractivity (Wildman–Crippen MR) is 106 cm³/mol. The van der Waals surface area contributed by atoms with E-state index in [9.17, 15) is 14.9 Å². The first-order valence-electron chi connectivity index (χ1n) is 8.04. The molecule has 0 aliphatic rings. The number of thiazole rings is 1. The van der Waals surface area contributed by atoms with Crippen molar-refractivity contribution in [3.63, 3.8) is 0 Å². The summed E-state index contributed by atoms with van der Waals surface area (Å²) in [5.74, 6) is -0.341. The summed E-state index contributed by atoms with van der Waals surface area (Å²) in [6, 6.07) is 11.9. The fraction of sp³-hybridized carbons (Fsp3) is 0.222. The number of nitro groups is 1. The number of methoxy groups -OCH3 is 1. The molecule has 0 spiro atoms. The van der Waals surface area contributed by atoms with Crippen LogP contribution in [0.4, 0.5) is 5.69 Å². The van der Waals surface area contributed by atoms with E-state index in [2.05, 4.69) is 4.99 Å². The third kappa shape index (κ3) is 4.10. The van der Waals surface area contributed by atoms with Gasteiger partial charge in [0.05, 0.1) is 27.3 Å². The predicted octanol–water partition coefficient (Wildman–Crippen LogP) is 3.72. The van der Waals surface area contributed by atoms with Crippen molar-refractivity contribution in [2.45, 2.75) is 11.4 Å². The summed E-state index contributed by atoms with van der Waals surface area (Å²) >= 11 is 2.81. The number of carbonyl (C=O) groups is 1. The van der Waals surface area contributed by atoms with Crippen LogP contribution in [0, 0.1) is 10.1 Å². The molecule has 0 unspecified atom stereocenters. The number of nitrogens with zero attached hydrogens (tertiary/aromatic N) is 3. The number of fused-ring (bicyclic) bond motifs is 1. The zero-order valence-electron chi connectivity index (χ0n) is 14.7. The molecule has 9 heteroatoms. The number of aromatic nitrogens is 1. The lowest BCUT2D eigenvalue weighted by Gasteiger charge is -2.05. The summed E-state index contributed by atoms with van der Waals surface area (Å²) in [6.07, 6.45) is 1.91. The van der Waals surface area contributed by atoms with Crippen molar-refractivity contribution in [3.05, 3.63) is 62.9 Å². The van der Waals surface area contributed by atoms with Crippen molar-refractivity contribution in [2.75, 3.05) is 20.0 Å². The fourth-order valence-corrected chi connectivity index (χ4v) is 4.25. The van der Waals surface area contributed by atoms with Crippen LogP contribution in [-0.4, -0.2) is 35.4 Å². The highest BCUT2D eigenvalue weighted by molar-refractivity contribution is 7.98. The summed E-state index contributed by atoms with van der Waals surface area (Å²) in [4.78, 5) is 29.1. The smallest absolute Gasteiger partial charge is 0.280 e. The molecule has 0 bridgehead atoms. The summed E-state index contributed by atoms with van der Waals surface area (Å²) < 4.78 is 7.75. The number of ether oxygens (including phenoxy) is 1. The lowest BCUT2D eigenvalue weighted by atomic mass is 10.2. The number of nitro benzene ring substituents is 1. The number of amides is 1. The molecular formula is C18H17N3O4S2. The van der Waals surface area contributed by atoms with Crippen molar-refractivity contribution < 1.29 is 14.5 Å². The number of carbonyl (C=O) groups excluding carboxylic acids is 1. The molecular weight excluding hydrogens is 386 g/mol. The maximum atomic E-state index is 12.7. The average Bonchev–Trinajstić information content (AvgIpc) is 3.02. The van der Waals surface area contributed by atoms with E-state index >= 15 is 0 Å². The quantitative estimate of drug-likeness (QED) is 0.356. The zero-order valence-corrected chi connectivity index (χ0v) is 16.4. The minimum atomic E-state index is -0.436.